The molecule has 2 aliphatic heterocycles. The van der Waals surface area contributed by atoms with Gasteiger partial charge in [0.1, 0.15) is 23.0 Å². The molecule has 1 amide bonds. The fourth-order valence-corrected chi connectivity index (χ4v) is 5.31. The molecule has 0 radical (unpaired) electrons. The zero-order valence-electron chi connectivity index (χ0n) is 22.2. The van der Waals surface area contributed by atoms with E-state index in [9.17, 15) is 9.18 Å². The van der Waals surface area contributed by atoms with Crippen LogP contribution in [0.4, 0.5) is 31.9 Å². The largest absolute Gasteiger partial charge is 0.366 e. The molecule has 0 unspecified atom stereocenters. The van der Waals surface area contributed by atoms with Gasteiger partial charge in [0, 0.05) is 37.8 Å². The van der Waals surface area contributed by atoms with Gasteiger partial charge < -0.3 is 20.0 Å². The molecule has 4 heterocycles. The highest BCUT2D eigenvalue weighted by Crippen LogP contribution is 2.40. The molecule has 0 saturated carbocycles. The van der Waals surface area contributed by atoms with Crippen LogP contribution in [0.3, 0.4) is 0 Å². The highest BCUT2D eigenvalue weighted by molar-refractivity contribution is 5.97. The van der Waals surface area contributed by atoms with Gasteiger partial charge in [-0.3, -0.25) is 4.79 Å². The minimum Gasteiger partial charge on any atom is -0.366 e. The number of nitrogens with one attached hydrogen (secondary N) is 1. The average Bonchev–Trinajstić information content (AvgIpc) is 2.90. The first-order valence-electron chi connectivity index (χ1n) is 13.0. The minimum absolute atomic E-state index is 0.0317. The Morgan fingerprint density at radius 2 is 1.79 bits per heavy atom. The van der Waals surface area contributed by atoms with Gasteiger partial charge >= 0.3 is 0 Å². The predicted octanol–water partition coefficient (Wildman–Crippen LogP) is 4.95. The summed E-state index contributed by atoms with van der Waals surface area (Å²) in [7, 11) is 2.14. The number of rotatable bonds is 5. The van der Waals surface area contributed by atoms with E-state index in [4.69, 9.17) is 0 Å². The van der Waals surface area contributed by atoms with Crippen molar-refractivity contribution in [3.8, 4) is 11.3 Å². The second-order valence-electron chi connectivity index (χ2n) is 10.4. The van der Waals surface area contributed by atoms with Gasteiger partial charge in [0.05, 0.1) is 11.9 Å². The molecule has 2 aromatic heterocycles. The number of aromatic nitrogens is 3. The number of nitrogens with zero attached hydrogens (tertiary/aromatic N) is 6. The lowest BCUT2D eigenvalue weighted by atomic mass is 9.91. The van der Waals surface area contributed by atoms with Crippen molar-refractivity contribution < 1.29 is 13.6 Å². The van der Waals surface area contributed by atoms with Crippen LogP contribution < -0.4 is 15.1 Å². The third-order valence-corrected chi connectivity index (χ3v) is 7.42. The maximum absolute atomic E-state index is 15.4. The van der Waals surface area contributed by atoms with E-state index < -0.39 is 11.6 Å². The summed E-state index contributed by atoms with van der Waals surface area (Å²) in [6.45, 7) is 8.48. The Kier molecular flexibility index (Phi) is 7.25. The van der Waals surface area contributed by atoms with Crippen LogP contribution in [0, 0.1) is 11.6 Å². The number of anilines is 4. The van der Waals surface area contributed by atoms with Crippen molar-refractivity contribution in [1.29, 1.82) is 0 Å². The van der Waals surface area contributed by atoms with E-state index in [1.54, 1.807) is 6.07 Å². The normalized spacial score (nSPS) is 16.6. The quantitative estimate of drug-likeness (QED) is 0.509. The van der Waals surface area contributed by atoms with Gasteiger partial charge in [-0.2, -0.15) is 0 Å². The van der Waals surface area contributed by atoms with Crippen molar-refractivity contribution in [2.75, 3.05) is 48.3 Å². The first-order chi connectivity index (χ1) is 18.2. The summed E-state index contributed by atoms with van der Waals surface area (Å²) in [6.07, 6.45) is 5.14. The van der Waals surface area contributed by atoms with Crippen molar-refractivity contribution in [3.63, 3.8) is 0 Å². The standard InChI is InChI=1S/C28H33F2N7O/c1-17(2)36-11-12-37(18(3)38)27-22(29)13-21(14-24(27)36)26-23(30)16-32-28(34-26)33-25-6-5-20(15-31-25)19-7-9-35(4)10-8-19/h5-6,13-17,19H,7-12H2,1-4H3,(H,31,32,33,34). The molecule has 0 atom stereocenters. The first kappa shape index (κ1) is 26.0. The van der Waals surface area contributed by atoms with Crippen molar-refractivity contribution >= 4 is 29.0 Å². The molecule has 1 saturated heterocycles. The van der Waals surface area contributed by atoms with Crippen molar-refractivity contribution in [2.45, 2.75) is 45.6 Å². The Balaban J connectivity index is 1.43. The van der Waals surface area contributed by atoms with Crippen molar-refractivity contribution in [3.05, 3.63) is 53.9 Å². The summed E-state index contributed by atoms with van der Waals surface area (Å²) in [5, 5.41) is 3.04. The molecular weight excluding hydrogens is 488 g/mol. The van der Waals surface area contributed by atoms with Gasteiger partial charge in [-0.05, 0) is 76.5 Å². The van der Waals surface area contributed by atoms with Crippen molar-refractivity contribution in [2.24, 2.45) is 0 Å². The maximum atomic E-state index is 15.4. The first-order valence-corrected chi connectivity index (χ1v) is 13.0. The number of hydrogen-bond acceptors (Lipinski definition) is 7. The lowest BCUT2D eigenvalue weighted by Gasteiger charge is -2.40. The van der Waals surface area contributed by atoms with E-state index in [1.165, 1.54) is 23.5 Å². The second kappa shape index (κ2) is 10.6. The zero-order valence-corrected chi connectivity index (χ0v) is 22.2. The number of pyridine rings is 1. The van der Waals surface area contributed by atoms with Crippen LogP contribution in [-0.4, -0.2) is 65.0 Å². The third-order valence-electron chi connectivity index (χ3n) is 7.42. The zero-order chi connectivity index (χ0) is 27.0. The fourth-order valence-electron chi connectivity index (χ4n) is 5.31. The van der Waals surface area contributed by atoms with E-state index in [2.05, 4.69) is 38.3 Å². The molecule has 38 heavy (non-hydrogen) atoms. The van der Waals surface area contributed by atoms with E-state index in [0.717, 1.165) is 32.1 Å². The lowest BCUT2D eigenvalue weighted by molar-refractivity contribution is -0.116. The van der Waals surface area contributed by atoms with E-state index in [-0.39, 0.29) is 34.8 Å². The Morgan fingerprint density at radius 1 is 1.03 bits per heavy atom. The molecule has 5 rings (SSSR count). The smallest absolute Gasteiger partial charge is 0.229 e. The minimum atomic E-state index is -0.671. The van der Waals surface area contributed by atoms with E-state index in [0.29, 0.717) is 30.5 Å². The summed E-state index contributed by atoms with van der Waals surface area (Å²) >= 11 is 0. The molecule has 2 aliphatic rings. The molecule has 1 fully saturated rings. The predicted molar refractivity (Wildman–Crippen MR) is 145 cm³/mol. The van der Waals surface area contributed by atoms with Crippen LogP contribution in [0.5, 0.6) is 0 Å². The molecule has 10 heteroatoms. The van der Waals surface area contributed by atoms with E-state index >= 15 is 4.39 Å². The second-order valence-corrected chi connectivity index (χ2v) is 10.4. The van der Waals surface area contributed by atoms with Gasteiger partial charge in [0.2, 0.25) is 11.9 Å². The molecule has 8 nitrogen and oxygen atoms in total. The Hall–Kier alpha value is -3.66. The fraction of sp³-hybridized carbons (Fsp3) is 0.429. The summed E-state index contributed by atoms with van der Waals surface area (Å²) in [4.78, 5) is 30.9. The highest BCUT2D eigenvalue weighted by atomic mass is 19.1. The number of halogens is 2. The maximum Gasteiger partial charge on any atom is 0.229 e. The third kappa shape index (κ3) is 5.18. The molecule has 0 bridgehead atoms. The van der Waals surface area contributed by atoms with Crippen LogP contribution in [0.2, 0.25) is 0 Å². The number of carbonyl (C=O) groups excluding carboxylic acids is 1. The topological polar surface area (TPSA) is 77.5 Å². The molecule has 3 aromatic rings. The lowest BCUT2D eigenvalue weighted by Crippen LogP contribution is -2.46. The monoisotopic (exact) mass is 521 g/mol. The van der Waals surface area contributed by atoms with Crippen LogP contribution in [0.1, 0.15) is 45.1 Å². The SMILES string of the molecule is CC(=O)N1CCN(C(C)C)c2cc(-c3nc(Nc4ccc(C5CCN(C)CC5)cn4)ncc3F)cc(F)c21. The average molecular weight is 522 g/mol. The Morgan fingerprint density at radius 3 is 2.45 bits per heavy atom. The summed E-state index contributed by atoms with van der Waals surface area (Å²) in [5.74, 6) is -0.323. The van der Waals surface area contributed by atoms with Crippen molar-refractivity contribution in [1.82, 2.24) is 19.9 Å². The number of piperidine rings is 1. The van der Waals surface area contributed by atoms with Gasteiger partial charge in [0.15, 0.2) is 5.82 Å². The van der Waals surface area contributed by atoms with E-state index in [1.807, 2.05) is 31.0 Å². The molecular formula is C28H33F2N7O. The molecule has 200 valence electrons. The summed E-state index contributed by atoms with van der Waals surface area (Å²) < 4.78 is 30.4. The Labute approximate surface area is 221 Å². The number of amides is 1. The number of fused-ring (bicyclic) bond motifs is 1. The molecule has 0 aliphatic carbocycles. The molecule has 1 N–H and O–H groups in total. The van der Waals surface area contributed by atoms with Crippen LogP contribution in [0.25, 0.3) is 11.3 Å². The van der Waals surface area contributed by atoms with Gasteiger partial charge in [-0.1, -0.05) is 6.07 Å². The summed E-state index contributed by atoms with van der Waals surface area (Å²) in [5.41, 5.74) is 2.18. The van der Waals surface area contributed by atoms with Crippen LogP contribution in [0.15, 0.2) is 36.7 Å². The highest BCUT2D eigenvalue weighted by Gasteiger charge is 2.30. The molecule has 0 spiro atoms. The number of benzene rings is 1. The van der Waals surface area contributed by atoms with Crippen LogP contribution in [-0.2, 0) is 4.79 Å². The van der Waals surface area contributed by atoms with Gasteiger partial charge in [-0.15, -0.1) is 0 Å². The van der Waals surface area contributed by atoms with Crippen LogP contribution >= 0.6 is 0 Å². The van der Waals surface area contributed by atoms with Gasteiger partial charge in [0.25, 0.3) is 0 Å². The molecule has 1 aromatic carbocycles. The number of likely N-dealkylation sites (tertiary alicyclic amines) is 1. The summed E-state index contributed by atoms with van der Waals surface area (Å²) in [6, 6.07) is 6.90. The van der Waals surface area contributed by atoms with Gasteiger partial charge in [-0.25, -0.2) is 23.7 Å². The number of hydrogen-bond donors (Lipinski definition) is 1. The Bertz CT molecular complexity index is 1320. The number of carbonyl (C=O) groups is 1.